The van der Waals surface area contributed by atoms with Gasteiger partial charge >= 0.3 is 0 Å². The number of nitrogens with zero attached hydrogens (tertiary/aromatic N) is 1. The van der Waals surface area contributed by atoms with E-state index in [0.717, 1.165) is 48.1 Å². The standard InChI is InChI=1S/C20H25ClN2O3/c1-24-18-11-20(26-3)19(25-2)10-14(18)13-23-9-8-22-12-17(23)15-6-4-5-7-16(15)21/h4-7,10-11,17,22H,8-9,12-13H2,1-3H3. The van der Waals surface area contributed by atoms with Crippen molar-refractivity contribution in [2.75, 3.05) is 41.0 Å². The van der Waals surface area contributed by atoms with Crippen molar-refractivity contribution >= 4 is 11.6 Å². The Kier molecular flexibility index (Phi) is 6.25. The summed E-state index contributed by atoms with van der Waals surface area (Å²) in [5.41, 5.74) is 2.20. The van der Waals surface area contributed by atoms with Crippen molar-refractivity contribution in [2.24, 2.45) is 0 Å². The van der Waals surface area contributed by atoms with E-state index >= 15 is 0 Å². The number of hydrogen-bond donors (Lipinski definition) is 1. The first-order chi connectivity index (χ1) is 12.7. The maximum absolute atomic E-state index is 6.46. The van der Waals surface area contributed by atoms with Gasteiger partial charge in [-0.2, -0.15) is 0 Å². The number of nitrogens with one attached hydrogen (secondary N) is 1. The van der Waals surface area contributed by atoms with E-state index in [1.165, 1.54) is 0 Å². The van der Waals surface area contributed by atoms with Crippen LogP contribution >= 0.6 is 11.6 Å². The van der Waals surface area contributed by atoms with Gasteiger partial charge in [0.2, 0.25) is 0 Å². The number of benzene rings is 2. The van der Waals surface area contributed by atoms with Crippen LogP contribution in [0.5, 0.6) is 17.2 Å². The van der Waals surface area contributed by atoms with E-state index in [0.29, 0.717) is 11.5 Å². The van der Waals surface area contributed by atoms with Crippen molar-refractivity contribution in [3.05, 3.63) is 52.5 Å². The van der Waals surface area contributed by atoms with Gasteiger partial charge in [-0.15, -0.1) is 0 Å². The summed E-state index contributed by atoms with van der Waals surface area (Å²) < 4.78 is 16.4. The predicted octanol–water partition coefficient (Wildman–Crippen LogP) is 3.51. The normalized spacial score (nSPS) is 17.8. The van der Waals surface area contributed by atoms with Crippen molar-refractivity contribution in [3.63, 3.8) is 0 Å². The third kappa shape index (κ3) is 3.90. The van der Waals surface area contributed by atoms with Crippen LogP contribution < -0.4 is 19.5 Å². The second-order valence-corrected chi connectivity index (χ2v) is 6.64. The first kappa shape index (κ1) is 18.8. The molecular weight excluding hydrogens is 352 g/mol. The molecule has 1 aliphatic heterocycles. The highest BCUT2D eigenvalue weighted by atomic mass is 35.5. The van der Waals surface area contributed by atoms with Gasteiger partial charge in [0.25, 0.3) is 0 Å². The lowest BCUT2D eigenvalue weighted by Crippen LogP contribution is -2.45. The summed E-state index contributed by atoms with van der Waals surface area (Å²) in [4.78, 5) is 2.42. The summed E-state index contributed by atoms with van der Waals surface area (Å²) in [7, 11) is 4.94. The van der Waals surface area contributed by atoms with Crippen molar-refractivity contribution in [3.8, 4) is 17.2 Å². The predicted molar refractivity (Wildman–Crippen MR) is 104 cm³/mol. The van der Waals surface area contributed by atoms with E-state index in [2.05, 4.69) is 16.3 Å². The van der Waals surface area contributed by atoms with E-state index < -0.39 is 0 Å². The van der Waals surface area contributed by atoms with Gasteiger partial charge in [0, 0.05) is 48.9 Å². The molecule has 0 spiro atoms. The highest BCUT2D eigenvalue weighted by molar-refractivity contribution is 6.31. The molecule has 1 atom stereocenters. The lowest BCUT2D eigenvalue weighted by Gasteiger charge is -2.37. The number of hydrogen-bond acceptors (Lipinski definition) is 5. The largest absolute Gasteiger partial charge is 0.496 e. The topological polar surface area (TPSA) is 43.0 Å². The number of rotatable bonds is 6. The quantitative estimate of drug-likeness (QED) is 0.835. The Morgan fingerprint density at radius 1 is 1.04 bits per heavy atom. The molecule has 2 aromatic carbocycles. The summed E-state index contributed by atoms with van der Waals surface area (Å²) in [6.07, 6.45) is 0. The summed E-state index contributed by atoms with van der Waals surface area (Å²) in [5.74, 6) is 2.16. The van der Waals surface area contributed by atoms with E-state index in [4.69, 9.17) is 25.8 Å². The fourth-order valence-corrected chi connectivity index (χ4v) is 3.68. The van der Waals surface area contributed by atoms with Crippen molar-refractivity contribution in [1.29, 1.82) is 0 Å². The molecule has 6 heteroatoms. The molecule has 1 unspecified atom stereocenters. The van der Waals surface area contributed by atoms with Gasteiger partial charge in [-0.3, -0.25) is 4.90 Å². The molecule has 0 amide bonds. The van der Waals surface area contributed by atoms with Crippen LogP contribution in [0.1, 0.15) is 17.2 Å². The minimum absolute atomic E-state index is 0.204. The molecule has 1 saturated heterocycles. The van der Waals surface area contributed by atoms with Crippen LogP contribution in [0.2, 0.25) is 5.02 Å². The van der Waals surface area contributed by atoms with Gasteiger partial charge in [0.05, 0.1) is 21.3 Å². The lowest BCUT2D eigenvalue weighted by molar-refractivity contribution is 0.152. The van der Waals surface area contributed by atoms with Crippen LogP contribution in [0.4, 0.5) is 0 Å². The maximum atomic E-state index is 6.46. The van der Waals surface area contributed by atoms with Crippen LogP contribution in [-0.2, 0) is 6.54 Å². The Morgan fingerprint density at radius 3 is 2.42 bits per heavy atom. The number of methoxy groups -OCH3 is 3. The van der Waals surface area contributed by atoms with Crippen LogP contribution in [0.25, 0.3) is 0 Å². The average Bonchev–Trinajstić information content (AvgIpc) is 2.68. The monoisotopic (exact) mass is 376 g/mol. The molecule has 2 aromatic rings. The van der Waals surface area contributed by atoms with Crippen LogP contribution in [-0.4, -0.2) is 45.9 Å². The van der Waals surface area contributed by atoms with E-state index in [1.54, 1.807) is 21.3 Å². The van der Waals surface area contributed by atoms with Crippen LogP contribution in [0.3, 0.4) is 0 Å². The van der Waals surface area contributed by atoms with Gasteiger partial charge in [-0.05, 0) is 17.7 Å². The molecule has 1 fully saturated rings. The summed E-state index contributed by atoms with van der Waals surface area (Å²) in [6, 6.07) is 12.1. The van der Waals surface area contributed by atoms with Gasteiger partial charge in [-0.1, -0.05) is 29.8 Å². The molecule has 0 aliphatic carbocycles. The molecule has 140 valence electrons. The zero-order valence-corrected chi connectivity index (χ0v) is 16.2. The molecule has 5 nitrogen and oxygen atoms in total. The molecule has 1 aliphatic rings. The van der Waals surface area contributed by atoms with Gasteiger partial charge in [0.1, 0.15) is 5.75 Å². The van der Waals surface area contributed by atoms with Gasteiger partial charge in [-0.25, -0.2) is 0 Å². The molecule has 0 aromatic heterocycles. The molecular formula is C20H25ClN2O3. The second kappa shape index (κ2) is 8.62. The average molecular weight is 377 g/mol. The van der Waals surface area contributed by atoms with Crippen molar-refractivity contribution < 1.29 is 14.2 Å². The minimum atomic E-state index is 0.204. The Hall–Kier alpha value is -1.95. The number of ether oxygens (including phenoxy) is 3. The zero-order valence-electron chi connectivity index (χ0n) is 15.4. The SMILES string of the molecule is COc1cc(OC)c(OC)cc1CN1CCNCC1c1ccccc1Cl. The fraction of sp³-hybridized carbons (Fsp3) is 0.400. The Balaban J connectivity index is 1.92. The Morgan fingerprint density at radius 2 is 1.73 bits per heavy atom. The summed E-state index contributed by atoms with van der Waals surface area (Å²) >= 11 is 6.46. The smallest absolute Gasteiger partial charge is 0.164 e. The first-order valence-electron chi connectivity index (χ1n) is 8.66. The fourth-order valence-electron chi connectivity index (χ4n) is 3.42. The van der Waals surface area contributed by atoms with Crippen molar-refractivity contribution in [1.82, 2.24) is 10.2 Å². The zero-order chi connectivity index (χ0) is 18.5. The second-order valence-electron chi connectivity index (χ2n) is 6.23. The van der Waals surface area contributed by atoms with Crippen molar-refractivity contribution in [2.45, 2.75) is 12.6 Å². The summed E-state index contributed by atoms with van der Waals surface area (Å²) in [6.45, 7) is 3.46. The molecule has 3 rings (SSSR count). The maximum Gasteiger partial charge on any atom is 0.164 e. The van der Waals surface area contributed by atoms with Gasteiger partial charge < -0.3 is 19.5 Å². The molecule has 1 N–H and O–H groups in total. The molecule has 0 radical (unpaired) electrons. The Bertz CT molecular complexity index is 754. The summed E-state index contributed by atoms with van der Waals surface area (Å²) in [5, 5.41) is 4.27. The lowest BCUT2D eigenvalue weighted by atomic mass is 10.0. The third-order valence-electron chi connectivity index (χ3n) is 4.78. The van der Waals surface area contributed by atoms with Crippen LogP contribution in [0.15, 0.2) is 36.4 Å². The van der Waals surface area contributed by atoms with E-state index in [1.807, 2.05) is 30.3 Å². The number of halogens is 1. The highest BCUT2D eigenvalue weighted by Crippen LogP contribution is 2.37. The Labute approximate surface area is 159 Å². The van der Waals surface area contributed by atoms with Gasteiger partial charge in [0.15, 0.2) is 11.5 Å². The van der Waals surface area contributed by atoms with E-state index in [9.17, 15) is 0 Å². The van der Waals surface area contributed by atoms with E-state index in [-0.39, 0.29) is 6.04 Å². The minimum Gasteiger partial charge on any atom is -0.496 e. The molecule has 0 saturated carbocycles. The molecule has 26 heavy (non-hydrogen) atoms. The first-order valence-corrected chi connectivity index (χ1v) is 9.03. The number of piperazine rings is 1. The third-order valence-corrected chi connectivity index (χ3v) is 5.12. The van der Waals surface area contributed by atoms with Crippen LogP contribution in [0, 0.1) is 0 Å². The highest BCUT2D eigenvalue weighted by Gasteiger charge is 2.26. The molecule has 1 heterocycles. The molecule has 0 bridgehead atoms.